The van der Waals surface area contributed by atoms with Crippen molar-refractivity contribution in [1.29, 1.82) is 0 Å². The Hall–Kier alpha value is -3.07. The van der Waals surface area contributed by atoms with E-state index in [9.17, 15) is 22.8 Å². The molecule has 2 fully saturated rings. The summed E-state index contributed by atoms with van der Waals surface area (Å²) >= 11 is 0. The number of carbonyl (C=O) groups excluding carboxylic acids is 2. The molecular formula is C28H34F3N3O3. The van der Waals surface area contributed by atoms with Crippen molar-refractivity contribution >= 4 is 17.5 Å². The summed E-state index contributed by atoms with van der Waals surface area (Å²) in [6.45, 7) is 3.19. The summed E-state index contributed by atoms with van der Waals surface area (Å²) in [4.78, 5) is 29.3. The molecule has 1 N–H and O–H groups in total. The number of anilines is 1. The molecule has 0 bridgehead atoms. The van der Waals surface area contributed by atoms with E-state index in [1.165, 1.54) is 17.7 Å². The topological polar surface area (TPSA) is 61.9 Å². The van der Waals surface area contributed by atoms with Crippen molar-refractivity contribution in [3.63, 3.8) is 0 Å². The lowest BCUT2D eigenvalue weighted by atomic mass is 9.89. The standard InChI is InChI=1S/C28H34F3N3O3/c1-33-16-2-3-23(19-33)27(36)32-24-9-7-21(8-10-24)22-14-17-34(18-15-22)26(35)13-6-20-4-11-25(12-5-20)37-28(29,30)31/h4-5,7-12,22-23H,2-3,6,13-19H2,1H3,(H,32,36). The molecule has 200 valence electrons. The molecule has 0 spiro atoms. The lowest BCUT2D eigenvalue weighted by Gasteiger charge is -2.32. The second-order valence-corrected chi connectivity index (χ2v) is 10.1. The highest BCUT2D eigenvalue weighted by molar-refractivity contribution is 5.92. The number of likely N-dealkylation sites (tertiary alicyclic amines) is 2. The number of hydrogen-bond donors (Lipinski definition) is 1. The average molecular weight is 518 g/mol. The maximum Gasteiger partial charge on any atom is 0.573 e. The van der Waals surface area contributed by atoms with Crippen LogP contribution in [0.1, 0.15) is 49.1 Å². The predicted octanol–water partition coefficient (Wildman–Crippen LogP) is 5.20. The van der Waals surface area contributed by atoms with Crippen LogP contribution in [0.4, 0.5) is 18.9 Å². The minimum Gasteiger partial charge on any atom is -0.406 e. The zero-order valence-electron chi connectivity index (χ0n) is 21.1. The first-order valence-corrected chi connectivity index (χ1v) is 12.9. The van der Waals surface area contributed by atoms with E-state index >= 15 is 0 Å². The summed E-state index contributed by atoms with van der Waals surface area (Å²) < 4.78 is 40.7. The SMILES string of the molecule is CN1CCCC(C(=O)Nc2ccc(C3CCN(C(=O)CCc4ccc(OC(F)(F)F)cc4)CC3)cc2)C1. The van der Waals surface area contributed by atoms with E-state index in [1.807, 2.05) is 24.1 Å². The van der Waals surface area contributed by atoms with Crippen LogP contribution in [0, 0.1) is 5.92 Å². The van der Waals surface area contributed by atoms with Crippen LogP contribution in [0.25, 0.3) is 0 Å². The van der Waals surface area contributed by atoms with Crippen LogP contribution in [0.5, 0.6) is 5.75 Å². The van der Waals surface area contributed by atoms with Gasteiger partial charge in [0.2, 0.25) is 11.8 Å². The van der Waals surface area contributed by atoms with E-state index in [0.29, 0.717) is 31.8 Å². The molecule has 2 aromatic rings. The van der Waals surface area contributed by atoms with Gasteiger partial charge in [-0.2, -0.15) is 0 Å². The van der Waals surface area contributed by atoms with Gasteiger partial charge < -0.3 is 19.9 Å². The van der Waals surface area contributed by atoms with E-state index < -0.39 is 6.36 Å². The van der Waals surface area contributed by atoms with Crippen molar-refractivity contribution in [3.8, 4) is 5.75 Å². The van der Waals surface area contributed by atoms with Gasteiger partial charge in [-0.3, -0.25) is 9.59 Å². The number of benzene rings is 2. The van der Waals surface area contributed by atoms with Gasteiger partial charge in [0, 0.05) is 31.7 Å². The number of rotatable bonds is 7. The number of aryl methyl sites for hydroxylation is 1. The quantitative estimate of drug-likeness (QED) is 0.548. The summed E-state index contributed by atoms with van der Waals surface area (Å²) in [7, 11) is 2.05. The average Bonchev–Trinajstić information content (AvgIpc) is 2.88. The normalized spacial score (nSPS) is 19.5. The third-order valence-electron chi connectivity index (χ3n) is 7.28. The Balaban J connectivity index is 1.20. The third kappa shape index (κ3) is 7.95. The van der Waals surface area contributed by atoms with Crippen molar-refractivity contribution in [3.05, 3.63) is 59.7 Å². The van der Waals surface area contributed by atoms with E-state index in [-0.39, 0.29) is 23.5 Å². The van der Waals surface area contributed by atoms with Crippen LogP contribution in [0.3, 0.4) is 0 Å². The first-order chi connectivity index (χ1) is 17.7. The van der Waals surface area contributed by atoms with Gasteiger partial charge in [-0.05, 0) is 87.0 Å². The number of halogens is 3. The molecule has 2 aromatic carbocycles. The van der Waals surface area contributed by atoms with Crippen molar-refractivity contribution in [2.45, 2.75) is 50.8 Å². The molecule has 6 nitrogen and oxygen atoms in total. The molecular weight excluding hydrogens is 483 g/mol. The Morgan fingerprint density at radius 2 is 1.65 bits per heavy atom. The number of alkyl halides is 3. The van der Waals surface area contributed by atoms with Gasteiger partial charge in [0.1, 0.15) is 5.75 Å². The zero-order chi connectivity index (χ0) is 26.4. The highest BCUT2D eigenvalue weighted by Gasteiger charge is 2.31. The second-order valence-electron chi connectivity index (χ2n) is 10.1. The fourth-order valence-electron chi connectivity index (χ4n) is 5.19. The molecule has 2 aliphatic heterocycles. The zero-order valence-corrected chi connectivity index (χ0v) is 21.1. The first-order valence-electron chi connectivity index (χ1n) is 12.9. The van der Waals surface area contributed by atoms with Crippen molar-refractivity contribution in [2.24, 2.45) is 5.92 Å². The van der Waals surface area contributed by atoms with E-state index in [1.54, 1.807) is 12.1 Å². The lowest BCUT2D eigenvalue weighted by Crippen LogP contribution is -2.38. The summed E-state index contributed by atoms with van der Waals surface area (Å²) in [5.41, 5.74) is 2.82. The van der Waals surface area contributed by atoms with Gasteiger partial charge in [0.25, 0.3) is 0 Å². The maximum absolute atomic E-state index is 12.7. The van der Waals surface area contributed by atoms with Crippen molar-refractivity contribution < 1.29 is 27.5 Å². The molecule has 2 saturated heterocycles. The van der Waals surface area contributed by atoms with Crippen LogP contribution in [-0.2, 0) is 16.0 Å². The molecule has 37 heavy (non-hydrogen) atoms. The lowest BCUT2D eigenvalue weighted by molar-refractivity contribution is -0.274. The first kappa shape index (κ1) is 27.0. The molecule has 1 atom stereocenters. The molecule has 2 heterocycles. The number of carbonyl (C=O) groups is 2. The smallest absolute Gasteiger partial charge is 0.406 e. The van der Waals surface area contributed by atoms with Crippen LogP contribution < -0.4 is 10.1 Å². The van der Waals surface area contributed by atoms with Crippen LogP contribution in [0.2, 0.25) is 0 Å². The summed E-state index contributed by atoms with van der Waals surface area (Å²) in [6.07, 6.45) is -0.222. The van der Waals surface area contributed by atoms with Gasteiger partial charge in [0.05, 0.1) is 5.92 Å². The Labute approximate surface area is 215 Å². The molecule has 4 rings (SSSR count). The summed E-state index contributed by atoms with van der Waals surface area (Å²) in [5.74, 6) is 0.263. The highest BCUT2D eigenvalue weighted by Crippen LogP contribution is 2.30. The Morgan fingerprint density at radius 1 is 0.973 bits per heavy atom. The highest BCUT2D eigenvalue weighted by atomic mass is 19.4. The fraction of sp³-hybridized carbons (Fsp3) is 0.500. The van der Waals surface area contributed by atoms with Gasteiger partial charge in [-0.1, -0.05) is 24.3 Å². The van der Waals surface area contributed by atoms with E-state index in [2.05, 4.69) is 27.1 Å². The number of ether oxygens (including phenoxy) is 1. The molecule has 9 heteroatoms. The molecule has 2 amide bonds. The number of amides is 2. The Morgan fingerprint density at radius 3 is 2.27 bits per heavy atom. The maximum atomic E-state index is 12.7. The van der Waals surface area contributed by atoms with Crippen LogP contribution in [-0.4, -0.2) is 61.2 Å². The second kappa shape index (κ2) is 12.0. The van der Waals surface area contributed by atoms with Crippen molar-refractivity contribution in [2.75, 3.05) is 38.5 Å². The molecule has 1 unspecified atom stereocenters. The largest absolute Gasteiger partial charge is 0.573 e. The Bertz CT molecular complexity index is 1050. The fourth-order valence-corrected chi connectivity index (χ4v) is 5.19. The molecule has 0 aromatic heterocycles. The van der Waals surface area contributed by atoms with E-state index in [0.717, 1.165) is 50.0 Å². The minimum absolute atomic E-state index is 0.0306. The van der Waals surface area contributed by atoms with Gasteiger partial charge in [-0.25, -0.2) is 0 Å². The molecule has 0 aliphatic carbocycles. The number of hydrogen-bond acceptors (Lipinski definition) is 4. The molecule has 2 aliphatic rings. The number of nitrogens with one attached hydrogen (secondary N) is 1. The number of piperidine rings is 2. The monoisotopic (exact) mass is 517 g/mol. The Kier molecular flexibility index (Phi) is 8.74. The van der Waals surface area contributed by atoms with E-state index in [4.69, 9.17) is 0 Å². The van der Waals surface area contributed by atoms with Gasteiger partial charge in [0.15, 0.2) is 0 Å². The van der Waals surface area contributed by atoms with Crippen LogP contribution in [0.15, 0.2) is 48.5 Å². The van der Waals surface area contributed by atoms with Crippen LogP contribution >= 0.6 is 0 Å². The number of nitrogens with zero attached hydrogens (tertiary/aromatic N) is 2. The van der Waals surface area contributed by atoms with Crippen molar-refractivity contribution in [1.82, 2.24) is 9.80 Å². The van der Waals surface area contributed by atoms with Gasteiger partial charge in [-0.15, -0.1) is 13.2 Å². The van der Waals surface area contributed by atoms with Gasteiger partial charge >= 0.3 is 6.36 Å². The summed E-state index contributed by atoms with van der Waals surface area (Å²) in [6, 6.07) is 13.7. The molecule has 0 radical (unpaired) electrons. The third-order valence-corrected chi connectivity index (χ3v) is 7.28. The summed E-state index contributed by atoms with van der Waals surface area (Å²) in [5, 5.41) is 3.05. The molecule has 0 saturated carbocycles. The predicted molar refractivity (Wildman–Crippen MR) is 135 cm³/mol. The minimum atomic E-state index is -4.71.